The maximum absolute atomic E-state index is 12.2. The Hall–Kier alpha value is -1.30. The van der Waals surface area contributed by atoms with Gasteiger partial charge in [-0.15, -0.1) is 0 Å². The highest BCUT2D eigenvalue weighted by atomic mass is 16.6. The summed E-state index contributed by atoms with van der Waals surface area (Å²) in [5, 5.41) is 8.98. The summed E-state index contributed by atoms with van der Waals surface area (Å²) in [6.07, 6.45) is 5.36. The van der Waals surface area contributed by atoms with Gasteiger partial charge in [-0.25, -0.2) is 4.79 Å². The van der Waals surface area contributed by atoms with E-state index < -0.39 is 17.7 Å². The normalized spacial score (nSPS) is 22.5. The maximum atomic E-state index is 12.2. The number of alkyl carbamates (subject to hydrolysis) is 1. The first-order valence-electron chi connectivity index (χ1n) is 8.36. The van der Waals surface area contributed by atoms with Gasteiger partial charge in [-0.1, -0.05) is 12.8 Å². The van der Waals surface area contributed by atoms with Crippen LogP contribution in [-0.2, 0) is 9.53 Å². The summed E-state index contributed by atoms with van der Waals surface area (Å²) in [5.74, 6) is -0.120. The van der Waals surface area contributed by atoms with Crippen molar-refractivity contribution in [1.29, 1.82) is 0 Å². The van der Waals surface area contributed by atoms with Crippen LogP contribution in [0.15, 0.2) is 0 Å². The second-order valence-electron chi connectivity index (χ2n) is 6.80. The molecule has 0 aromatic heterocycles. The largest absolute Gasteiger partial charge is 0.444 e. The molecular formula is C16H31N3O3. The number of carbonyl (C=O) groups is 2. The van der Waals surface area contributed by atoms with Crippen LogP contribution < -0.4 is 16.0 Å². The molecule has 6 nitrogen and oxygen atoms in total. The highest BCUT2D eigenvalue weighted by Crippen LogP contribution is 2.08. The van der Waals surface area contributed by atoms with E-state index in [9.17, 15) is 9.59 Å². The van der Waals surface area contributed by atoms with Crippen LogP contribution >= 0.6 is 0 Å². The smallest absolute Gasteiger partial charge is 0.408 e. The minimum Gasteiger partial charge on any atom is -0.444 e. The Morgan fingerprint density at radius 3 is 2.41 bits per heavy atom. The minimum absolute atomic E-state index is 0.120. The molecule has 0 saturated carbocycles. The van der Waals surface area contributed by atoms with Gasteiger partial charge >= 0.3 is 6.09 Å². The Bertz CT molecular complexity index is 353. The fourth-order valence-corrected chi connectivity index (χ4v) is 2.34. The van der Waals surface area contributed by atoms with Crippen LogP contribution in [0.4, 0.5) is 4.79 Å². The average Bonchev–Trinajstić information content (AvgIpc) is 2.41. The predicted molar refractivity (Wildman–Crippen MR) is 86.7 cm³/mol. The standard InChI is InChI=1S/C16H31N3O3/c1-16(2,3)22-15(21)19-13-9-8-11-17-10-6-4-5-7-12-18-14(13)20/h13,17H,4-12H2,1-3H3,(H,18,20)(H,19,21)/t13-/m0/s1. The Labute approximate surface area is 133 Å². The zero-order valence-electron chi connectivity index (χ0n) is 14.2. The molecule has 2 amide bonds. The van der Waals surface area contributed by atoms with Gasteiger partial charge in [-0.2, -0.15) is 0 Å². The monoisotopic (exact) mass is 313 g/mol. The van der Waals surface area contributed by atoms with Crippen molar-refractivity contribution >= 4 is 12.0 Å². The summed E-state index contributed by atoms with van der Waals surface area (Å²) >= 11 is 0. The first-order valence-corrected chi connectivity index (χ1v) is 8.36. The molecule has 0 bridgehead atoms. The first kappa shape index (κ1) is 18.7. The van der Waals surface area contributed by atoms with E-state index >= 15 is 0 Å². The van der Waals surface area contributed by atoms with Gasteiger partial charge in [-0.3, -0.25) is 4.79 Å². The molecule has 1 fully saturated rings. The van der Waals surface area contributed by atoms with Crippen LogP contribution in [0.3, 0.4) is 0 Å². The molecule has 3 N–H and O–H groups in total. The van der Waals surface area contributed by atoms with Crippen LogP contribution in [0, 0.1) is 0 Å². The molecule has 1 rings (SSSR count). The Morgan fingerprint density at radius 1 is 1.09 bits per heavy atom. The number of nitrogens with one attached hydrogen (secondary N) is 3. The molecule has 6 heteroatoms. The molecule has 22 heavy (non-hydrogen) atoms. The summed E-state index contributed by atoms with van der Waals surface area (Å²) in [7, 11) is 0. The number of carbonyl (C=O) groups excluding carboxylic acids is 2. The molecule has 0 aromatic rings. The zero-order valence-corrected chi connectivity index (χ0v) is 14.2. The molecule has 1 atom stereocenters. The second-order valence-corrected chi connectivity index (χ2v) is 6.80. The Balaban J connectivity index is 2.53. The molecule has 1 aliphatic rings. The van der Waals surface area contributed by atoms with Crippen LogP contribution in [0.25, 0.3) is 0 Å². The van der Waals surface area contributed by atoms with E-state index in [-0.39, 0.29) is 5.91 Å². The second kappa shape index (κ2) is 9.66. The van der Waals surface area contributed by atoms with Gasteiger partial charge in [0.2, 0.25) is 5.91 Å². The molecule has 0 radical (unpaired) electrons. The number of rotatable bonds is 1. The fraction of sp³-hybridized carbons (Fsp3) is 0.875. The van der Waals surface area contributed by atoms with Crippen LogP contribution in [0.1, 0.15) is 59.3 Å². The van der Waals surface area contributed by atoms with Gasteiger partial charge in [0.15, 0.2) is 0 Å². The van der Waals surface area contributed by atoms with Crippen molar-refractivity contribution in [3.63, 3.8) is 0 Å². The van der Waals surface area contributed by atoms with Gasteiger partial charge in [0.1, 0.15) is 11.6 Å². The summed E-state index contributed by atoms with van der Waals surface area (Å²) in [4.78, 5) is 24.1. The van der Waals surface area contributed by atoms with E-state index in [0.29, 0.717) is 13.0 Å². The van der Waals surface area contributed by atoms with Gasteiger partial charge in [0, 0.05) is 6.54 Å². The minimum atomic E-state index is -0.564. The first-order chi connectivity index (χ1) is 10.4. The summed E-state index contributed by atoms with van der Waals surface area (Å²) in [6.45, 7) is 7.97. The van der Waals surface area contributed by atoms with Crippen molar-refractivity contribution in [3.05, 3.63) is 0 Å². The fourth-order valence-electron chi connectivity index (χ4n) is 2.34. The highest BCUT2D eigenvalue weighted by Gasteiger charge is 2.23. The highest BCUT2D eigenvalue weighted by molar-refractivity contribution is 5.85. The number of hydrogen-bond acceptors (Lipinski definition) is 4. The van der Waals surface area contributed by atoms with Gasteiger partial charge in [0.25, 0.3) is 0 Å². The lowest BCUT2D eigenvalue weighted by Gasteiger charge is -2.23. The number of ether oxygens (including phenoxy) is 1. The van der Waals surface area contributed by atoms with Crippen molar-refractivity contribution in [2.75, 3.05) is 19.6 Å². The van der Waals surface area contributed by atoms with Gasteiger partial charge in [-0.05, 0) is 59.5 Å². The van der Waals surface area contributed by atoms with Crippen molar-refractivity contribution in [2.45, 2.75) is 70.9 Å². The molecule has 128 valence electrons. The van der Waals surface area contributed by atoms with Crippen LogP contribution in [0.2, 0.25) is 0 Å². The average molecular weight is 313 g/mol. The summed E-state index contributed by atoms with van der Waals surface area (Å²) in [5.41, 5.74) is -0.564. The molecule has 0 aliphatic carbocycles. The van der Waals surface area contributed by atoms with E-state index in [1.807, 2.05) is 0 Å². The van der Waals surface area contributed by atoms with E-state index in [4.69, 9.17) is 4.74 Å². The third kappa shape index (κ3) is 8.87. The molecule has 1 saturated heterocycles. The molecule has 0 spiro atoms. The lowest BCUT2D eigenvalue weighted by atomic mass is 10.1. The van der Waals surface area contributed by atoms with Crippen LogP contribution in [0.5, 0.6) is 0 Å². The van der Waals surface area contributed by atoms with Crippen LogP contribution in [-0.4, -0.2) is 43.3 Å². The van der Waals surface area contributed by atoms with Crippen molar-refractivity contribution in [3.8, 4) is 0 Å². The molecule has 1 aliphatic heterocycles. The van der Waals surface area contributed by atoms with Gasteiger partial charge < -0.3 is 20.7 Å². The van der Waals surface area contributed by atoms with Gasteiger partial charge in [0.05, 0.1) is 0 Å². The third-order valence-corrected chi connectivity index (χ3v) is 3.43. The SMILES string of the molecule is CC(C)(C)OC(=O)N[C@H]1CCCNCCCCCCNC1=O. The molecule has 1 heterocycles. The van der Waals surface area contributed by atoms with Crippen molar-refractivity contribution in [1.82, 2.24) is 16.0 Å². The van der Waals surface area contributed by atoms with Crippen molar-refractivity contribution < 1.29 is 14.3 Å². The molecular weight excluding hydrogens is 282 g/mol. The van der Waals surface area contributed by atoms with E-state index in [0.717, 1.165) is 32.4 Å². The van der Waals surface area contributed by atoms with E-state index in [2.05, 4.69) is 16.0 Å². The summed E-state index contributed by atoms with van der Waals surface area (Å²) in [6, 6.07) is -0.530. The lowest BCUT2D eigenvalue weighted by molar-refractivity contribution is -0.123. The number of hydrogen-bond donors (Lipinski definition) is 3. The summed E-state index contributed by atoms with van der Waals surface area (Å²) < 4.78 is 5.24. The lowest BCUT2D eigenvalue weighted by Crippen LogP contribution is -2.48. The molecule has 0 unspecified atom stereocenters. The quantitative estimate of drug-likeness (QED) is 0.691. The Kier molecular flexibility index (Phi) is 8.24. The maximum Gasteiger partial charge on any atom is 0.408 e. The predicted octanol–water partition coefficient (Wildman–Crippen LogP) is 1.94. The van der Waals surface area contributed by atoms with E-state index in [1.165, 1.54) is 12.8 Å². The third-order valence-electron chi connectivity index (χ3n) is 3.43. The topological polar surface area (TPSA) is 79.5 Å². The Morgan fingerprint density at radius 2 is 1.73 bits per heavy atom. The molecule has 0 aromatic carbocycles. The zero-order chi connectivity index (χ0) is 16.4. The van der Waals surface area contributed by atoms with E-state index in [1.54, 1.807) is 20.8 Å². The number of amides is 2. The van der Waals surface area contributed by atoms with Crippen molar-refractivity contribution in [2.24, 2.45) is 0 Å².